The van der Waals surface area contributed by atoms with Gasteiger partial charge in [0.15, 0.2) is 0 Å². The van der Waals surface area contributed by atoms with Crippen LogP contribution in [-0.2, 0) is 24.8 Å². The van der Waals surface area contributed by atoms with Gasteiger partial charge in [0.1, 0.15) is 5.75 Å². The Bertz CT molecular complexity index is 1240. The molecule has 1 aliphatic heterocycles. The number of rotatable bonds is 8. The van der Waals surface area contributed by atoms with Gasteiger partial charge in [0.25, 0.3) is 5.91 Å². The van der Waals surface area contributed by atoms with Gasteiger partial charge in [-0.1, -0.05) is 6.07 Å². The Morgan fingerprint density at radius 2 is 1.79 bits per heavy atom. The van der Waals surface area contributed by atoms with Crippen LogP contribution in [0.25, 0.3) is 0 Å². The van der Waals surface area contributed by atoms with Gasteiger partial charge in [-0.05, 0) is 43.7 Å². The SMILES string of the molecule is CCS(=O)(=O)Nc1ccc(NC(=O)c2cc(S(=O)(=O)N3CCOCC3)ccc2C)cc1OC. The van der Waals surface area contributed by atoms with Crippen molar-refractivity contribution in [1.82, 2.24) is 4.31 Å². The average molecular weight is 498 g/mol. The molecule has 0 aromatic heterocycles. The largest absolute Gasteiger partial charge is 0.494 e. The van der Waals surface area contributed by atoms with E-state index in [4.69, 9.17) is 9.47 Å². The number of carbonyl (C=O) groups is 1. The maximum atomic E-state index is 13.0. The smallest absolute Gasteiger partial charge is 0.255 e. The molecule has 10 nitrogen and oxygen atoms in total. The van der Waals surface area contributed by atoms with Gasteiger partial charge in [0.05, 0.1) is 36.7 Å². The van der Waals surface area contributed by atoms with Crippen molar-refractivity contribution in [2.45, 2.75) is 18.7 Å². The highest BCUT2D eigenvalue weighted by atomic mass is 32.2. The molecule has 0 spiro atoms. The summed E-state index contributed by atoms with van der Waals surface area (Å²) in [5.41, 5.74) is 1.41. The van der Waals surface area contributed by atoms with Crippen LogP contribution in [-0.4, -0.2) is 66.2 Å². The van der Waals surface area contributed by atoms with Crippen molar-refractivity contribution in [1.29, 1.82) is 0 Å². The fourth-order valence-electron chi connectivity index (χ4n) is 3.23. The third kappa shape index (κ3) is 5.82. The third-order valence-electron chi connectivity index (χ3n) is 5.17. The number of nitrogens with one attached hydrogen (secondary N) is 2. The first-order valence-corrected chi connectivity index (χ1v) is 13.3. The van der Waals surface area contributed by atoms with Crippen molar-refractivity contribution in [3.63, 3.8) is 0 Å². The Morgan fingerprint density at radius 1 is 1.09 bits per heavy atom. The first kappa shape index (κ1) is 25.0. The molecule has 12 heteroatoms. The molecule has 1 amide bonds. The summed E-state index contributed by atoms with van der Waals surface area (Å²) in [7, 11) is -5.88. The number of amides is 1. The number of methoxy groups -OCH3 is 1. The number of morpholine rings is 1. The number of hydrogen-bond donors (Lipinski definition) is 2. The molecule has 1 fully saturated rings. The van der Waals surface area contributed by atoms with E-state index >= 15 is 0 Å². The summed E-state index contributed by atoms with van der Waals surface area (Å²) in [4.78, 5) is 13.0. The van der Waals surface area contributed by atoms with Crippen LogP contribution >= 0.6 is 0 Å². The number of anilines is 2. The molecule has 1 heterocycles. The number of nitrogens with zero attached hydrogens (tertiary/aromatic N) is 1. The molecule has 0 aliphatic carbocycles. The van der Waals surface area contributed by atoms with Gasteiger partial charge in [-0.2, -0.15) is 4.31 Å². The number of aryl methyl sites for hydroxylation is 1. The normalized spacial score (nSPS) is 15.1. The standard InChI is InChI=1S/C21H27N3O7S2/c1-4-32(26,27)23-19-8-6-16(13-20(19)30-3)22-21(25)18-14-17(7-5-15(18)2)33(28,29)24-9-11-31-12-10-24/h5-8,13-14,23H,4,9-12H2,1-3H3,(H,22,25). The van der Waals surface area contributed by atoms with E-state index in [1.165, 1.54) is 48.7 Å². The summed E-state index contributed by atoms with van der Waals surface area (Å²) in [6.07, 6.45) is 0. The molecule has 1 aliphatic rings. The first-order chi connectivity index (χ1) is 15.6. The Morgan fingerprint density at radius 3 is 2.42 bits per heavy atom. The lowest BCUT2D eigenvalue weighted by Gasteiger charge is -2.26. The van der Waals surface area contributed by atoms with Gasteiger partial charge in [0, 0.05) is 30.4 Å². The molecule has 0 radical (unpaired) electrons. The van der Waals surface area contributed by atoms with Gasteiger partial charge in [-0.25, -0.2) is 16.8 Å². The van der Waals surface area contributed by atoms with E-state index in [9.17, 15) is 21.6 Å². The second-order valence-corrected chi connectivity index (χ2v) is 11.3. The van der Waals surface area contributed by atoms with Crippen LogP contribution in [0.15, 0.2) is 41.3 Å². The predicted octanol–water partition coefficient (Wildman–Crippen LogP) is 2.04. The van der Waals surface area contributed by atoms with Crippen molar-refractivity contribution in [3.8, 4) is 5.75 Å². The number of sulfonamides is 2. The summed E-state index contributed by atoms with van der Waals surface area (Å²) in [6, 6.07) is 8.91. The second kappa shape index (κ2) is 10.1. The first-order valence-electron chi connectivity index (χ1n) is 10.3. The number of ether oxygens (including phenoxy) is 2. The molecule has 0 atom stereocenters. The van der Waals surface area contributed by atoms with Crippen molar-refractivity contribution in [2.24, 2.45) is 0 Å². The summed E-state index contributed by atoms with van der Waals surface area (Å²) < 4.78 is 63.8. The van der Waals surface area contributed by atoms with Crippen LogP contribution in [0, 0.1) is 6.92 Å². The lowest BCUT2D eigenvalue weighted by atomic mass is 10.1. The van der Waals surface area contributed by atoms with E-state index in [1.54, 1.807) is 13.0 Å². The summed E-state index contributed by atoms with van der Waals surface area (Å²) in [5.74, 6) is -0.377. The zero-order valence-electron chi connectivity index (χ0n) is 18.6. The highest BCUT2D eigenvalue weighted by molar-refractivity contribution is 7.92. The van der Waals surface area contributed by atoms with Crippen LogP contribution in [0.2, 0.25) is 0 Å². The molecule has 2 aromatic rings. The molecule has 0 unspecified atom stereocenters. The number of benzene rings is 2. The highest BCUT2D eigenvalue weighted by Crippen LogP contribution is 2.29. The molecule has 2 N–H and O–H groups in total. The van der Waals surface area contributed by atoms with Crippen molar-refractivity contribution >= 4 is 37.3 Å². The Hall–Kier alpha value is -2.67. The van der Waals surface area contributed by atoms with Gasteiger partial charge in [-0.15, -0.1) is 0 Å². The second-order valence-electron chi connectivity index (χ2n) is 7.37. The topological polar surface area (TPSA) is 131 Å². The minimum atomic E-state index is -3.76. The Kier molecular flexibility index (Phi) is 7.62. The van der Waals surface area contributed by atoms with E-state index in [0.29, 0.717) is 24.5 Å². The lowest BCUT2D eigenvalue weighted by molar-refractivity contribution is 0.0730. The van der Waals surface area contributed by atoms with E-state index in [1.807, 2.05) is 0 Å². The van der Waals surface area contributed by atoms with Crippen molar-refractivity contribution in [2.75, 3.05) is 49.2 Å². The highest BCUT2D eigenvalue weighted by Gasteiger charge is 2.27. The maximum absolute atomic E-state index is 13.0. The third-order valence-corrected chi connectivity index (χ3v) is 8.35. The van der Waals surface area contributed by atoms with Gasteiger partial charge >= 0.3 is 0 Å². The van der Waals surface area contributed by atoms with Crippen molar-refractivity contribution < 1.29 is 31.1 Å². The molecule has 1 saturated heterocycles. The van der Waals surface area contributed by atoms with E-state index in [0.717, 1.165) is 0 Å². The number of carbonyl (C=O) groups excluding carboxylic acids is 1. The van der Waals surface area contributed by atoms with Gasteiger partial charge < -0.3 is 14.8 Å². The predicted molar refractivity (Wildman–Crippen MR) is 125 cm³/mol. The minimum Gasteiger partial charge on any atom is -0.494 e. The zero-order valence-corrected chi connectivity index (χ0v) is 20.3. The Labute approximate surface area is 194 Å². The van der Waals surface area contributed by atoms with Crippen LogP contribution in [0.1, 0.15) is 22.8 Å². The molecule has 0 bridgehead atoms. The fraction of sp³-hybridized carbons (Fsp3) is 0.381. The fourth-order valence-corrected chi connectivity index (χ4v) is 5.32. The molecule has 2 aromatic carbocycles. The lowest BCUT2D eigenvalue weighted by Crippen LogP contribution is -2.40. The molecule has 3 rings (SSSR count). The van der Waals surface area contributed by atoms with E-state index in [2.05, 4.69) is 10.0 Å². The van der Waals surface area contributed by atoms with Gasteiger partial charge in [0.2, 0.25) is 20.0 Å². The molecular formula is C21H27N3O7S2. The summed E-state index contributed by atoms with van der Waals surface area (Å²) in [5, 5.41) is 2.71. The molecule has 180 valence electrons. The molecule has 0 saturated carbocycles. The maximum Gasteiger partial charge on any atom is 0.255 e. The van der Waals surface area contributed by atoms with Crippen LogP contribution in [0.3, 0.4) is 0 Å². The van der Waals surface area contributed by atoms with Crippen molar-refractivity contribution in [3.05, 3.63) is 47.5 Å². The zero-order chi connectivity index (χ0) is 24.2. The van der Waals surface area contributed by atoms with E-state index < -0.39 is 26.0 Å². The molecular weight excluding hydrogens is 470 g/mol. The van der Waals surface area contributed by atoms with Gasteiger partial charge in [-0.3, -0.25) is 9.52 Å². The minimum absolute atomic E-state index is 0.0297. The number of hydrogen-bond acceptors (Lipinski definition) is 7. The van der Waals surface area contributed by atoms with E-state index in [-0.39, 0.29) is 40.7 Å². The summed E-state index contributed by atoms with van der Waals surface area (Å²) in [6.45, 7) is 4.38. The molecule has 33 heavy (non-hydrogen) atoms. The average Bonchev–Trinajstić information content (AvgIpc) is 2.80. The summed E-state index contributed by atoms with van der Waals surface area (Å²) >= 11 is 0. The monoisotopic (exact) mass is 497 g/mol. The quantitative estimate of drug-likeness (QED) is 0.571. The van der Waals surface area contributed by atoms with Crippen LogP contribution in [0.4, 0.5) is 11.4 Å². The van der Waals surface area contributed by atoms with Crippen LogP contribution < -0.4 is 14.8 Å². The Balaban J connectivity index is 1.85. The van der Waals surface area contributed by atoms with Crippen LogP contribution in [0.5, 0.6) is 5.75 Å².